The Morgan fingerprint density at radius 3 is 2.86 bits per heavy atom. The van der Waals surface area contributed by atoms with E-state index >= 15 is 0 Å². The third kappa shape index (κ3) is 4.34. The Balaban J connectivity index is 1.65. The highest BCUT2D eigenvalue weighted by molar-refractivity contribution is 6.30. The van der Waals surface area contributed by atoms with Gasteiger partial charge >= 0.3 is 0 Å². The van der Waals surface area contributed by atoms with Gasteiger partial charge in [0.05, 0.1) is 17.5 Å². The average molecular weight is 397 g/mol. The van der Waals surface area contributed by atoms with Crippen molar-refractivity contribution in [2.75, 3.05) is 11.9 Å². The fraction of sp³-hybridized carbons (Fsp3) is 0.455. The summed E-state index contributed by atoms with van der Waals surface area (Å²) in [6.07, 6.45) is 3.92. The molecule has 1 saturated carbocycles. The van der Waals surface area contributed by atoms with Crippen LogP contribution in [-0.4, -0.2) is 22.3 Å². The maximum absolute atomic E-state index is 11.8. The van der Waals surface area contributed by atoms with Gasteiger partial charge in [-0.15, -0.1) is 0 Å². The van der Waals surface area contributed by atoms with E-state index in [-0.39, 0.29) is 17.1 Å². The van der Waals surface area contributed by atoms with Crippen molar-refractivity contribution in [2.24, 2.45) is 17.3 Å². The number of hydrogen-bond donors (Lipinski definition) is 1. The molecule has 28 heavy (non-hydrogen) atoms. The summed E-state index contributed by atoms with van der Waals surface area (Å²) >= 11 is 6.02. The Kier molecular flexibility index (Phi) is 6.00. The number of halogens is 1. The van der Waals surface area contributed by atoms with Gasteiger partial charge in [-0.05, 0) is 55.2 Å². The van der Waals surface area contributed by atoms with Gasteiger partial charge in [-0.2, -0.15) is 5.26 Å². The number of carbonyl (C=O) groups excluding carboxylic acids is 1. The number of carbonyl (C=O) groups is 1. The van der Waals surface area contributed by atoms with Crippen LogP contribution in [0, 0.1) is 28.6 Å². The molecule has 0 unspecified atom stereocenters. The van der Waals surface area contributed by atoms with E-state index < -0.39 is 0 Å². The number of hydrogen-bond acceptors (Lipinski definition) is 5. The maximum Gasteiger partial charge on any atom is 0.222 e. The normalized spacial score (nSPS) is 20.1. The molecule has 0 aliphatic heterocycles. The van der Waals surface area contributed by atoms with Gasteiger partial charge in [-0.3, -0.25) is 4.79 Å². The van der Waals surface area contributed by atoms with E-state index in [2.05, 4.69) is 35.2 Å². The minimum absolute atomic E-state index is 0.0658. The molecule has 1 aliphatic rings. The molecule has 1 aromatic carbocycles. The lowest BCUT2D eigenvalue weighted by Crippen LogP contribution is -2.49. The molecular weight excluding hydrogens is 372 g/mol. The highest BCUT2D eigenvalue weighted by atomic mass is 35.5. The molecule has 0 radical (unpaired) electrons. The molecule has 1 heterocycles. The van der Waals surface area contributed by atoms with Crippen molar-refractivity contribution in [3.05, 3.63) is 52.3 Å². The van der Waals surface area contributed by atoms with Crippen molar-refractivity contribution >= 4 is 23.3 Å². The molecule has 6 heteroatoms. The van der Waals surface area contributed by atoms with Crippen LogP contribution in [0.1, 0.15) is 44.0 Å². The summed E-state index contributed by atoms with van der Waals surface area (Å²) in [4.78, 5) is 20.6. The van der Waals surface area contributed by atoms with Crippen molar-refractivity contribution in [3.8, 4) is 6.07 Å². The summed E-state index contributed by atoms with van der Waals surface area (Å²) in [5, 5.41) is 13.4. The summed E-state index contributed by atoms with van der Waals surface area (Å²) in [7, 11) is 0. The summed E-state index contributed by atoms with van der Waals surface area (Å²) in [6.45, 7) is 6.60. The Bertz CT molecular complexity index is 919. The van der Waals surface area contributed by atoms with Crippen molar-refractivity contribution in [1.29, 1.82) is 5.26 Å². The fourth-order valence-electron chi connectivity index (χ4n) is 4.05. The molecule has 1 N–H and O–H groups in total. The smallest absolute Gasteiger partial charge is 0.222 e. The van der Waals surface area contributed by atoms with Crippen molar-refractivity contribution < 1.29 is 4.79 Å². The second-order valence-corrected chi connectivity index (χ2v) is 8.53. The average Bonchev–Trinajstić information content (AvgIpc) is 2.64. The zero-order valence-electron chi connectivity index (χ0n) is 16.5. The minimum Gasteiger partial charge on any atom is -0.354 e. The number of aromatic nitrogens is 2. The van der Waals surface area contributed by atoms with Crippen LogP contribution >= 0.6 is 11.6 Å². The van der Waals surface area contributed by atoms with E-state index in [1.165, 1.54) is 0 Å². The molecule has 1 aliphatic carbocycles. The third-order valence-corrected chi connectivity index (χ3v) is 6.21. The van der Waals surface area contributed by atoms with Gasteiger partial charge in [0.25, 0.3) is 0 Å². The molecule has 146 valence electrons. The van der Waals surface area contributed by atoms with Crippen LogP contribution in [0.4, 0.5) is 5.95 Å². The lowest BCUT2D eigenvalue weighted by Gasteiger charge is -2.51. The number of ketones is 1. The van der Waals surface area contributed by atoms with Gasteiger partial charge in [0.1, 0.15) is 11.9 Å². The van der Waals surface area contributed by atoms with E-state index in [4.69, 9.17) is 11.6 Å². The number of benzene rings is 1. The lowest BCUT2D eigenvalue weighted by atomic mass is 9.52. The van der Waals surface area contributed by atoms with E-state index in [9.17, 15) is 10.1 Å². The molecule has 3 rings (SSSR count). The third-order valence-electron chi connectivity index (χ3n) is 5.97. The number of Topliss-reactive ketones (excluding diaryl/α,β-unsaturated/α-hetero) is 1. The van der Waals surface area contributed by atoms with Gasteiger partial charge < -0.3 is 5.32 Å². The second-order valence-electron chi connectivity index (χ2n) is 8.09. The van der Waals surface area contributed by atoms with Crippen LogP contribution in [0.3, 0.4) is 0 Å². The largest absolute Gasteiger partial charge is 0.354 e. The zero-order valence-corrected chi connectivity index (χ0v) is 17.3. The Hall–Kier alpha value is -2.45. The van der Waals surface area contributed by atoms with Gasteiger partial charge in [-0.25, -0.2) is 9.97 Å². The Labute approximate surface area is 171 Å². The predicted octanol–water partition coefficient (Wildman–Crippen LogP) is 4.45. The van der Waals surface area contributed by atoms with Gasteiger partial charge in [-0.1, -0.05) is 37.6 Å². The van der Waals surface area contributed by atoms with Crippen LogP contribution in [0.2, 0.25) is 5.02 Å². The number of nitrogens with one attached hydrogen (secondary N) is 1. The maximum atomic E-state index is 11.8. The molecule has 0 saturated heterocycles. The van der Waals surface area contributed by atoms with E-state index in [1.54, 1.807) is 13.1 Å². The van der Waals surface area contributed by atoms with Gasteiger partial charge in [0.15, 0.2) is 0 Å². The lowest BCUT2D eigenvalue weighted by molar-refractivity contribution is -0.136. The fourth-order valence-corrected chi connectivity index (χ4v) is 4.26. The Morgan fingerprint density at radius 1 is 1.43 bits per heavy atom. The van der Waals surface area contributed by atoms with E-state index in [1.807, 2.05) is 24.3 Å². The number of anilines is 1. The first kappa shape index (κ1) is 20.3. The molecule has 1 aromatic heterocycles. The van der Waals surface area contributed by atoms with Gasteiger partial charge in [0.2, 0.25) is 5.95 Å². The topological polar surface area (TPSA) is 78.7 Å². The van der Waals surface area contributed by atoms with E-state index in [0.717, 1.165) is 29.1 Å². The standard InChI is InChI=1S/C22H25ClN4O/c1-14(28)19-10-17(22(19,2)3)11-20-16(12-24)13-26-21(27-20)25-8-7-15-5-4-6-18(23)9-15/h4-6,9,13,17,19H,7-8,10-11H2,1-3H3,(H,25,26,27)/t17-,19-/m1/s1. The first-order valence-corrected chi connectivity index (χ1v) is 9.94. The molecule has 0 amide bonds. The second kappa shape index (κ2) is 8.28. The van der Waals surface area contributed by atoms with Crippen LogP contribution in [0.15, 0.2) is 30.5 Å². The number of nitriles is 1. The first-order valence-electron chi connectivity index (χ1n) is 9.56. The highest BCUT2D eigenvalue weighted by Crippen LogP contribution is 2.52. The highest BCUT2D eigenvalue weighted by Gasteiger charge is 2.50. The van der Waals surface area contributed by atoms with Crippen molar-refractivity contribution in [1.82, 2.24) is 9.97 Å². The van der Waals surface area contributed by atoms with Gasteiger partial charge in [0, 0.05) is 17.5 Å². The molecule has 1 fully saturated rings. The Morgan fingerprint density at radius 2 is 2.21 bits per heavy atom. The SMILES string of the molecule is CC(=O)[C@H]1C[C@H](Cc2nc(NCCc3cccc(Cl)c3)ncc2C#N)C1(C)C. The molecule has 2 atom stereocenters. The van der Waals surface area contributed by atoms with Crippen LogP contribution in [-0.2, 0) is 17.6 Å². The summed E-state index contributed by atoms with van der Waals surface area (Å²) in [5.41, 5.74) is 2.33. The quantitative estimate of drug-likeness (QED) is 0.747. The summed E-state index contributed by atoms with van der Waals surface area (Å²) in [6, 6.07) is 9.95. The number of nitrogens with zero attached hydrogens (tertiary/aromatic N) is 3. The number of rotatable bonds is 7. The summed E-state index contributed by atoms with van der Waals surface area (Å²) < 4.78 is 0. The zero-order chi connectivity index (χ0) is 20.3. The summed E-state index contributed by atoms with van der Waals surface area (Å²) in [5.74, 6) is 1.20. The van der Waals surface area contributed by atoms with Crippen LogP contribution in [0.25, 0.3) is 0 Å². The minimum atomic E-state index is -0.0658. The molecule has 0 spiro atoms. The van der Waals surface area contributed by atoms with Crippen molar-refractivity contribution in [2.45, 2.75) is 40.0 Å². The molecule has 2 aromatic rings. The van der Waals surface area contributed by atoms with Crippen LogP contribution < -0.4 is 5.32 Å². The predicted molar refractivity (Wildman–Crippen MR) is 110 cm³/mol. The van der Waals surface area contributed by atoms with E-state index in [0.29, 0.717) is 30.4 Å². The molecular formula is C22H25ClN4O. The first-order chi connectivity index (χ1) is 13.3. The van der Waals surface area contributed by atoms with Crippen molar-refractivity contribution in [3.63, 3.8) is 0 Å². The molecule has 0 bridgehead atoms. The van der Waals surface area contributed by atoms with Crippen LogP contribution in [0.5, 0.6) is 0 Å². The molecule has 5 nitrogen and oxygen atoms in total. The monoisotopic (exact) mass is 396 g/mol.